The van der Waals surface area contributed by atoms with Gasteiger partial charge in [-0.25, -0.2) is 21.8 Å². The largest absolute Gasteiger partial charge is 0.390 e. The van der Waals surface area contributed by atoms with Crippen molar-refractivity contribution in [2.75, 3.05) is 25.6 Å². The van der Waals surface area contributed by atoms with E-state index in [1.54, 1.807) is 0 Å². The van der Waals surface area contributed by atoms with Crippen LogP contribution in [0.4, 0.5) is 0 Å². The molecule has 0 spiro atoms. The van der Waals surface area contributed by atoms with E-state index in [9.17, 15) is 21.9 Å². The molecule has 8 nitrogen and oxygen atoms in total. The van der Waals surface area contributed by atoms with Crippen molar-refractivity contribution in [3.63, 3.8) is 0 Å². The summed E-state index contributed by atoms with van der Waals surface area (Å²) in [5.74, 6) is -0.931. The number of rotatable bonds is 4. The summed E-state index contributed by atoms with van der Waals surface area (Å²) in [7, 11) is -4.73. The highest BCUT2D eigenvalue weighted by molar-refractivity contribution is 7.92. The minimum absolute atomic E-state index is 0.137. The van der Waals surface area contributed by atoms with Gasteiger partial charge in [0.2, 0.25) is 0 Å². The lowest BCUT2D eigenvalue weighted by Crippen LogP contribution is -2.53. The van der Waals surface area contributed by atoms with Crippen LogP contribution in [-0.4, -0.2) is 69.1 Å². The number of aliphatic hydroxyl groups excluding tert-OH is 1. The Morgan fingerprint density at radius 2 is 1.96 bits per heavy atom. The maximum absolute atomic E-state index is 12.9. The number of nitriles is 1. The molecule has 1 heterocycles. The third kappa shape index (κ3) is 3.54. The van der Waals surface area contributed by atoms with Gasteiger partial charge in [0.15, 0.2) is 9.84 Å². The first-order valence-electron chi connectivity index (χ1n) is 6.69. The fourth-order valence-corrected chi connectivity index (χ4v) is 6.15. The lowest BCUT2D eigenvalue weighted by atomic mass is 10.2. The van der Waals surface area contributed by atoms with Crippen LogP contribution in [0, 0.1) is 11.3 Å². The Morgan fingerprint density at radius 3 is 2.43 bits per heavy atom. The molecule has 1 aliphatic rings. The third-order valence-electron chi connectivity index (χ3n) is 3.48. The molecule has 0 radical (unpaired) electrons. The van der Waals surface area contributed by atoms with E-state index in [1.165, 1.54) is 43.4 Å². The van der Waals surface area contributed by atoms with Crippen molar-refractivity contribution >= 4 is 19.9 Å². The normalized spacial score (nSPS) is 24.0. The minimum Gasteiger partial charge on any atom is -0.390 e. The molecule has 1 fully saturated rings. The first kappa shape index (κ1) is 17.8. The van der Waals surface area contributed by atoms with E-state index in [-0.39, 0.29) is 10.5 Å². The van der Waals surface area contributed by atoms with Gasteiger partial charge in [-0.15, -0.1) is 4.41 Å². The molecule has 2 atom stereocenters. The zero-order valence-corrected chi connectivity index (χ0v) is 14.2. The van der Waals surface area contributed by atoms with Crippen molar-refractivity contribution < 1.29 is 21.9 Å². The second-order valence-electron chi connectivity index (χ2n) is 5.48. The fraction of sp³-hybridized carbons (Fsp3) is 0.462. The van der Waals surface area contributed by atoms with Crippen molar-refractivity contribution in [1.82, 2.24) is 9.42 Å². The highest BCUT2D eigenvalue weighted by Crippen LogP contribution is 2.26. The van der Waals surface area contributed by atoms with Gasteiger partial charge in [-0.1, -0.05) is 6.07 Å². The average molecular weight is 359 g/mol. The first-order chi connectivity index (χ1) is 10.6. The Balaban J connectivity index is 2.51. The molecule has 0 amide bonds. The van der Waals surface area contributed by atoms with Gasteiger partial charge in [0, 0.05) is 14.1 Å². The number of sulfone groups is 1. The summed E-state index contributed by atoms with van der Waals surface area (Å²) in [6, 6.07) is 6.18. The van der Waals surface area contributed by atoms with E-state index in [4.69, 9.17) is 5.26 Å². The van der Waals surface area contributed by atoms with Gasteiger partial charge in [0.05, 0.1) is 40.2 Å². The monoisotopic (exact) mass is 359 g/mol. The van der Waals surface area contributed by atoms with E-state index in [1.807, 2.05) is 6.07 Å². The van der Waals surface area contributed by atoms with Crippen LogP contribution in [0.25, 0.3) is 0 Å². The van der Waals surface area contributed by atoms with Gasteiger partial charge in [-0.2, -0.15) is 5.26 Å². The number of hydrazine groups is 1. The summed E-state index contributed by atoms with van der Waals surface area (Å²) < 4.78 is 50.0. The fourth-order valence-electron chi connectivity index (χ4n) is 2.55. The molecule has 1 N–H and O–H groups in total. The number of benzene rings is 1. The van der Waals surface area contributed by atoms with Gasteiger partial charge in [0.1, 0.15) is 0 Å². The Labute approximate surface area is 135 Å². The molecule has 1 aromatic carbocycles. The second kappa shape index (κ2) is 6.18. The molecule has 1 aromatic rings. The summed E-state index contributed by atoms with van der Waals surface area (Å²) in [4.78, 5) is -0.137. The van der Waals surface area contributed by atoms with Crippen molar-refractivity contribution in [2.45, 2.75) is 17.0 Å². The molecule has 1 aliphatic heterocycles. The van der Waals surface area contributed by atoms with Gasteiger partial charge in [-0.05, 0) is 18.2 Å². The smallest absolute Gasteiger partial charge is 0.256 e. The molecule has 0 aromatic heterocycles. The predicted molar refractivity (Wildman–Crippen MR) is 82.3 cm³/mol. The van der Waals surface area contributed by atoms with Crippen molar-refractivity contribution in [1.29, 1.82) is 5.26 Å². The van der Waals surface area contributed by atoms with Crippen molar-refractivity contribution in [3.8, 4) is 6.07 Å². The molecular weight excluding hydrogens is 342 g/mol. The Bertz CT molecular complexity index is 843. The summed E-state index contributed by atoms with van der Waals surface area (Å²) >= 11 is 0. The molecule has 126 valence electrons. The number of aliphatic hydroxyl groups is 1. The van der Waals surface area contributed by atoms with E-state index < -0.39 is 43.5 Å². The summed E-state index contributed by atoms with van der Waals surface area (Å²) in [6.07, 6.45) is -1.31. The maximum atomic E-state index is 12.9. The lowest BCUT2D eigenvalue weighted by Gasteiger charge is -2.34. The minimum atomic E-state index is -4.12. The van der Waals surface area contributed by atoms with Crippen LogP contribution >= 0.6 is 0 Å². The zero-order chi connectivity index (χ0) is 17.4. The number of nitrogens with zero attached hydrogens (tertiary/aromatic N) is 3. The Hall–Kier alpha value is -1.51. The zero-order valence-electron chi connectivity index (χ0n) is 12.6. The molecule has 0 bridgehead atoms. The van der Waals surface area contributed by atoms with Crippen LogP contribution in [0.2, 0.25) is 0 Å². The SMILES string of the molecule is CN(C)N([C@@H]1CS(=O)(=O)C[C@@H]1O)S(=O)(=O)c1cccc(C#N)c1. The van der Waals surface area contributed by atoms with Crippen molar-refractivity contribution in [3.05, 3.63) is 29.8 Å². The molecule has 2 rings (SSSR count). The van der Waals surface area contributed by atoms with Gasteiger partial charge >= 0.3 is 0 Å². The van der Waals surface area contributed by atoms with Crippen LogP contribution in [0.3, 0.4) is 0 Å². The average Bonchev–Trinajstić information content (AvgIpc) is 2.71. The molecular formula is C13H17N3O5S2. The van der Waals surface area contributed by atoms with Gasteiger partial charge < -0.3 is 5.11 Å². The van der Waals surface area contributed by atoms with E-state index in [0.717, 1.165) is 4.41 Å². The maximum Gasteiger partial charge on any atom is 0.256 e. The lowest BCUT2D eigenvalue weighted by molar-refractivity contribution is 0.0272. The Morgan fingerprint density at radius 1 is 1.30 bits per heavy atom. The molecule has 0 unspecified atom stereocenters. The third-order valence-corrected chi connectivity index (χ3v) is 7.12. The quantitative estimate of drug-likeness (QED) is 0.698. The molecule has 0 saturated carbocycles. The number of hydrogen-bond donors (Lipinski definition) is 1. The molecule has 10 heteroatoms. The summed E-state index contributed by atoms with van der Waals surface area (Å²) in [5.41, 5.74) is 0.171. The highest BCUT2D eigenvalue weighted by atomic mass is 32.2. The summed E-state index contributed by atoms with van der Waals surface area (Å²) in [6.45, 7) is 0. The predicted octanol–water partition coefficient (Wildman–Crippen LogP) is -0.817. The van der Waals surface area contributed by atoms with Crippen LogP contribution in [-0.2, 0) is 19.9 Å². The molecule has 23 heavy (non-hydrogen) atoms. The van der Waals surface area contributed by atoms with Crippen molar-refractivity contribution in [2.24, 2.45) is 0 Å². The first-order valence-corrected chi connectivity index (χ1v) is 9.95. The molecule has 0 aliphatic carbocycles. The van der Waals surface area contributed by atoms with E-state index in [0.29, 0.717) is 0 Å². The van der Waals surface area contributed by atoms with E-state index in [2.05, 4.69) is 0 Å². The van der Waals surface area contributed by atoms with E-state index >= 15 is 0 Å². The Kier molecular flexibility index (Phi) is 4.79. The van der Waals surface area contributed by atoms with Crippen LogP contribution in [0.5, 0.6) is 0 Å². The summed E-state index contributed by atoms with van der Waals surface area (Å²) in [5, 5.41) is 20.1. The van der Waals surface area contributed by atoms with Crippen LogP contribution < -0.4 is 0 Å². The number of hydrogen-bond acceptors (Lipinski definition) is 7. The second-order valence-corrected chi connectivity index (χ2v) is 9.43. The topological polar surface area (TPSA) is 119 Å². The standard InChI is InChI=1S/C13H17N3O5S2/c1-15(2)16(12-8-22(18,19)9-13(12)17)23(20,21)11-5-3-4-10(6-11)7-14/h3-6,12-13,17H,8-9H2,1-2H3/t12-,13+/m1/s1. The highest BCUT2D eigenvalue weighted by Gasteiger charge is 2.46. The number of sulfonamides is 1. The van der Waals surface area contributed by atoms with Crippen LogP contribution in [0.1, 0.15) is 5.56 Å². The van der Waals surface area contributed by atoms with Gasteiger partial charge in [-0.3, -0.25) is 0 Å². The van der Waals surface area contributed by atoms with Gasteiger partial charge in [0.25, 0.3) is 10.0 Å². The molecule has 1 saturated heterocycles. The van der Waals surface area contributed by atoms with Crippen LogP contribution in [0.15, 0.2) is 29.2 Å².